The molecule has 1 unspecified atom stereocenters. The number of carbonyl (C=O) groups excluding carboxylic acids is 1. The third-order valence-corrected chi connectivity index (χ3v) is 4.37. The van der Waals surface area contributed by atoms with Gasteiger partial charge in [0, 0.05) is 40.0 Å². The van der Waals surface area contributed by atoms with Crippen molar-refractivity contribution in [3.05, 3.63) is 23.9 Å². The summed E-state index contributed by atoms with van der Waals surface area (Å²) in [7, 11) is 3.66. The lowest BCUT2D eigenvalue weighted by Crippen LogP contribution is -2.49. The van der Waals surface area contributed by atoms with Crippen LogP contribution in [0, 0.1) is 0 Å². The molecule has 24 heavy (non-hydrogen) atoms. The minimum absolute atomic E-state index is 0.0188. The lowest BCUT2D eigenvalue weighted by molar-refractivity contribution is -0.125. The molecule has 1 aromatic rings. The Kier molecular flexibility index (Phi) is 6.53. The van der Waals surface area contributed by atoms with Gasteiger partial charge < -0.3 is 20.5 Å². The molecule has 1 aromatic heterocycles. The van der Waals surface area contributed by atoms with Gasteiger partial charge in [0.05, 0.1) is 18.6 Å². The zero-order chi connectivity index (χ0) is 17.6. The predicted molar refractivity (Wildman–Crippen MR) is 92.7 cm³/mol. The maximum atomic E-state index is 11.1. The fraction of sp³-hybridized carbons (Fsp3) is 0.647. The number of aliphatic hydroxyl groups is 1. The molecule has 134 valence electrons. The Morgan fingerprint density at radius 1 is 1.54 bits per heavy atom. The molecule has 7 nitrogen and oxygen atoms in total. The summed E-state index contributed by atoms with van der Waals surface area (Å²) in [5, 5.41) is 10.5. The third kappa shape index (κ3) is 5.43. The van der Waals surface area contributed by atoms with Crippen molar-refractivity contribution in [2.45, 2.75) is 31.4 Å². The van der Waals surface area contributed by atoms with Crippen LogP contribution in [-0.4, -0.2) is 66.9 Å². The van der Waals surface area contributed by atoms with Crippen LogP contribution in [0.1, 0.15) is 24.8 Å². The third-order valence-electron chi connectivity index (χ3n) is 4.37. The average Bonchev–Trinajstić information content (AvgIpc) is 2.52. The number of nitrogens with zero attached hydrogens (tertiary/aromatic N) is 3. The van der Waals surface area contributed by atoms with Crippen LogP contribution < -0.4 is 10.6 Å². The highest BCUT2D eigenvalue weighted by molar-refractivity contribution is 5.75. The molecule has 0 spiro atoms. The Morgan fingerprint density at radius 2 is 2.33 bits per heavy atom. The van der Waals surface area contributed by atoms with E-state index in [-0.39, 0.29) is 6.42 Å². The fourth-order valence-corrected chi connectivity index (χ4v) is 3.15. The Morgan fingerprint density at radius 3 is 2.96 bits per heavy atom. The summed E-state index contributed by atoms with van der Waals surface area (Å²) in [4.78, 5) is 19.8. The molecular formula is C17H28N4O3. The zero-order valence-corrected chi connectivity index (χ0v) is 14.6. The molecule has 2 rings (SSSR count). The second-order valence-electron chi connectivity index (χ2n) is 6.62. The van der Waals surface area contributed by atoms with Crippen LogP contribution in [0.15, 0.2) is 18.3 Å². The van der Waals surface area contributed by atoms with Crippen LogP contribution in [0.25, 0.3) is 0 Å². The number of hydrogen-bond acceptors (Lipinski definition) is 6. The van der Waals surface area contributed by atoms with Gasteiger partial charge in [0.2, 0.25) is 5.91 Å². The molecule has 1 aliphatic heterocycles. The van der Waals surface area contributed by atoms with E-state index in [4.69, 9.17) is 10.5 Å². The van der Waals surface area contributed by atoms with Crippen molar-refractivity contribution in [1.29, 1.82) is 0 Å². The second kappa shape index (κ2) is 8.41. The van der Waals surface area contributed by atoms with Gasteiger partial charge in [-0.2, -0.15) is 0 Å². The van der Waals surface area contributed by atoms with E-state index in [9.17, 15) is 9.90 Å². The summed E-state index contributed by atoms with van der Waals surface area (Å²) in [6.07, 6.45) is 3.36. The molecule has 1 amide bonds. The molecule has 0 aliphatic carbocycles. The van der Waals surface area contributed by atoms with Gasteiger partial charge in [-0.05, 0) is 31.0 Å². The lowest BCUT2D eigenvalue weighted by atomic mass is 9.89. The van der Waals surface area contributed by atoms with Crippen molar-refractivity contribution < 1.29 is 14.6 Å². The molecule has 0 bridgehead atoms. The summed E-state index contributed by atoms with van der Waals surface area (Å²) in [6, 6.07) is 4.04. The van der Waals surface area contributed by atoms with Crippen molar-refractivity contribution in [1.82, 2.24) is 9.88 Å². The maximum absolute atomic E-state index is 11.1. The van der Waals surface area contributed by atoms with Crippen LogP contribution in [0.3, 0.4) is 0 Å². The highest BCUT2D eigenvalue weighted by Gasteiger charge is 2.34. The molecule has 7 heteroatoms. The van der Waals surface area contributed by atoms with Gasteiger partial charge in [-0.25, -0.2) is 4.98 Å². The maximum Gasteiger partial charge on any atom is 0.220 e. The zero-order valence-electron chi connectivity index (χ0n) is 14.6. The Labute approximate surface area is 143 Å². The number of piperidine rings is 1. The van der Waals surface area contributed by atoms with Crippen LogP contribution >= 0.6 is 0 Å². The first-order chi connectivity index (χ1) is 11.4. The standard InChI is InChI=1S/C17H28N4O3/c1-20(8-9-24-2)16-5-4-14(11-19-16)12-21-7-3-6-17(23,13-21)10-15(18)22/h4-5,11,23H,3,6-10,12-13H2,1-2H3,(H2,18,22). The number of aromatic nitrogens is 1. The van der Waals surface area contributed by atoms with Crippen LogP contribution in [0.4, 0.5) is 5.82 Å². The van der Waals surface area contributed by atoms with Crippen molar-refractivity contribution in [2.75, 3.05) is 45.3 Å². The van der Waals surface area contributed by atoms with Gasteiger partial charge in [0.1, 0.15) is 5.82 Å². The van der Waals surface area contributed by atoms with Crippen LogP contribution in [0.2, 0.25) is 0 Å². The molecular weight excluding hydrogens is 308 g/mol. The molecule has 2 heterocycles. The van der Waals surface area contributed by atoms with E-state index >= 15 is 0 Å². The van der Waals surface area contributed by atoms with E-state index in [1.165, 1.54) is 0 Å². The number of nitrogens with two attached hydrogens (primary N) is 1. The van der Waals surface area contributed by atoms with Gasteiger partial charge >= 0.3 is 0 Å². The van der Waals surface area contributed by atoms with E-state index in [0.717, 1.165) is 30.9 Å². The Balaban J connectivity index is 1.92. The Bertz CT molecular complexity index is 537. The van der Waals surface area contributed by atoms with Gasteiger partial charge in [-0.3, -0.25) is 9.69 Å². The SMILES string of the molecule is COCCN(C)c1ccc(CN2CCCC(O)(CC(N)=O)C2)cn1. The van der Waals surface area contributed by atoms with E-state index in [0.29, 0.717) is 26.1 Å². The van der Waals surface area contributed by atoms with Gasteiger partial charge in [0.25, 0.3) is 0 Å². The van der Waals surface area contributed by atoms with Crippen LogP contribution in [-0.2, 0) is 16.1 Å². The number of rotatable bonds is 8. The number of primary amides is 1. The lowest BCUT2D eigenvalue weighted by Gasteiger charge is -2.38. The summed E-state index contributed by atoms with van der Waals surface area (Å²) in [5.74, 6) is 0.448. The monoisotopic (exact) mass is 336 g/mol. The highest BCUT2D eigenvalue weighted by atomic mass is 16.5. The van der Waals surface area contributed by atoms with E-state index < -0.39 is 11.5 Å². The topological polar surface area (TPSA) is 91.9 Å². The molecule has 1 saturated heterocycles. The molecule has 1 fully saturated rings. The number of anilines is 1. The van der Waals surface area contributed by atoms with Gasteiger partial charge in [0.15, 0.2) is 0 Å². The number of methoxy groups -OCH3 is 1. The smallest absolute Gasteiger partial charge is 0.220 e. The number of likely N-dealkylation sites (tertiary alicyclic amines) is 1. The van der Waals surface area contributed by atoms with Crippen LogP contribution in [0.5, 0.6) is 0 Å². The molecule has 1 aliphatic rings. The van der Waals surface area contributed by atoms with E-state index in [1.807, 2.05) is 30.3 Å². The number of hydrogen-bond donors (Lipinski definition) is 2. The number of β-amino-alcohol motifs (C(OH)–C–C–N with tert-alkyl or cyclic N) is 1. The first kappa shape index (κ1) is 18.6. The highest BCUT2D eigenvalue weighted by Crippen LogP contribution is 2.25. The number of amides is 1. The molecule has 3 N–H and O–H groups in total. The summed E-state index contributed by atoms with van der Waals surface area (Å²) >= 11 is 0. The minimum atomic E-state index is -1.00. The van der Waals surface area contributed by atoms with Gasteiger partial charge in [-0.15, -0.1) is 0 Å². The van der Waals surface area contributed by atoms with Gasteiger partial charge in [-0.1, -0.05) is 6.07 Å². The molecule has 0 radical (unpaired) electrons. The Hall–Kier alpha value is -1.70. The average molecular weight is 336 g/mol. The summed E-state index contributed by atoms with van der Waals surface area (Å²) in [5.41, 5.74) is 5.33. The minimum Gasteiger partial charge on any atom is -0.388 e. The van der Waals surface area contributed by atoms with E-state index in [1.54, 1.807) is 7.11 Å². The summed E-state index contributed by atoms with van der Waals surface area (Å²) in [6.45, 7) is 3.51. The van der Waals surface area contributed by atoms with Crippen molar-refractivity contribution in [3.8, 4) is 0 Å². The number of pyridine rings is 1. The van der Waals surface area contributed by atoms with Crippen molar-refractivity contribution >= 4 is 11.7 Å². The number of likely N-dealkylation sites (N-methyl/N-ethyl adjacent to an activating group) is 1. The molecule has 1 atom stereocenters. The van der Waals surface area contributed by atoms with Crippen molar-refractivity contribution in [3.63, 3.8) is 0 Å². The quantitative estimate of drug-likeness (QED) is 0.712. The predicted octanol–water partition coefficient (Wildman–Crippen LogP) is 0.367. The first-order valence-corrected chi connectivity index (χ1v) is 8.30. The number of carbonyl (C=O) groups is 1. The molecule has 0 aromatic carbocycles. The number of ether oxygens (including phenoxy) is 1. The largest absolute Gasteiger partial charge is 0.388 e. The normalized spacial score (nSPS) is 21.6. The second-order valence-corrected chi connectivity index (χ2v) is 6.62. The fourth-order valence-electron chi connectivity index (χ4n) is 3.15. The summed E-state index contributed by atoms with van der Waals surface area (Å²) < 4.78 is 5.07. The first-order valence-electron chi connectivity index (χ1n) is 8.30. The van der Waals surface area contributed by atoms with Crippen molar-refractivity contribution in [2.24, 2.45) is 5.73 Å². The molecule has 0 saturated carbocycles. The van der Waals surface area contributed by atoms with E-state index in [2.05, 4.69) is 9.88 Å².